The molecule has 368 valence electrons. The van der Waals surface area contributed by atoms with E-state index >= 15 is 0 Å². The molecule has 0 saturated carbocycles. The van der Waals surface area contributed by atoms with E-state index in [-0.39, 0.29) is 106 Å². The molecule has 0 rings (SSSR count). The van der Waals surface area contributed by atoms with Crippen molar-refractivity contribution < 1.29 is 92.0 Å². The van der Waals surface area contributed by atoms with Crippen molar-refractivity contribution in [1.82, 2.24) is 0 Å². The fourth-order valence-corrected chi connectivity index (χ4v) is 4.07. The van der Waals surface area contributed by atoms with Crippen LogP contribution in [0.4, 0.5) is 0 Å². The molecule has 5 N–H and O–H groups in total. The minimum absolute atomic E-state index is 0.0436. The largest absolute Gasteiger partial charge is 0.460 e. The SMILES string of the molecule is CCC(CO)OC(CO)OC.CCC(CO)OC(COC(=O)CC(C)(C)C)OC.CCC(CO)OC(COC(=O)CC(C)(C)C)OC.CCC(CO)OC(COC(C)=O)OC. The Balaban J connectivity index is -0.000000361. The Kier molecular flexibility index (Phi) is 43.7. The number of aliphatic hydroxyl groups is 5. The van der Waals surface area contributed by atoms with Crippen molar-refractivity contribution >= 4 is 17.9 Å². The number of hydrogen-bond acceptors (Lipinski definition) is 19. The number of rotatable bonds is 29. The van der Waals surface area contributed by atoms with Gasteiger partial charge in [-0.25, -0.2) is 0 Å². The first kappa shape index (κ1) is 65.5. The second-order valence-electron chi connectivity index (χ2n) is 15.9. The molecule has 19 heteroatoms. The second-order valence-corrected chi connectivity index (χ2v) is 15.9. The highest BCUT2D eigenvalue weighted by atomic mass is 16.7. The summed E-state index contributed by atoms with van der Waals surface area (Å²) in [5, 5.41) is 44.2. The smallest absolute Gasteiger partial charge is 0.306 e. The second kappa shape index (κ2) is 40.7. The summed E-state index contributed by atoms with van der Waals surface area (Å²) in [5.41, 5.74) is -0.199. The van der Waals surface area contributed by atoms with E-state index in [2.05, 4.69) is 0 Å². The van der Waals surface area contributed by atoms with Gasteiger partial charge in [-0.2, -0.15) is 0 Å². The van der Waals surface area contributed by atoms with Gasteiger partial charge in [-0.3, -0.25) is 14.4 Å². The third-order valence-electron chi connectivity index (χ3n) is 7.75. The van der Waals surface area contributed by atoms with Crippen LogP contribution in [0.2, 0.25) is 0 Å². The van der Waals surface area contributed by atoms with Gasteiger partial charge in [0, 0.05) is 35.4 Å². The van der Waals surface area contributed by atoms with Crippen LogP contribution in [0.3, 0.4) is 0 Å². The normalized spacial score (nSPS) is 15.3. The maximum absolute atomic E-state index is 11.5. The average Bonchev–Trinajstić information content (AvgIpc) is 3.21. The van der Waals surface area contributed by atoms with Crippen molar-refractivity contribution in [2.45, 2.75) is 164 Å². The summed E-state index contributed by atoms with van der Waals surface area (Å²) >= 11 is 0. The molecule has 0 aliphatic rings. The molecule has 0 heterocycles. The highest BCUT2D eigenvalue weighted by Crippen LogP contribution is 2.20. The van der Waals surface area contributed by atoms with Crippen LogP contribution in [0.25, 0.3) is 0 Å². The molecule has 0 bridgehead atoms. The molecule has 8 unspecified atom stereocenters. The van der Waals surface area contributed by atoms with E-state index in [1.165, 1.54) is 35.4 Å². The standard InChI is InChI=1S/2C13H26O5.C9H18O5.C7H16O4/c2*1-6-10(8-14)18-12(16-5)9-17-11(15)7-13(2,3)4;1-4-8(5-10)14-9(12-3)6-13-7(2)11;1-3-6(4-8)11-7(5-9)10-2/h2*10,12,14H,6-9H2,1-5H3;8-10H,4-6H2,1-3H3;6-9H,3-5H2,1-2H3. The zero-order valence-corrected chi connectivity index (χ0v) is 40.0. The highest BCUT2D eigenvalue weighted by molar-refractivity contribution is 5.70. The molecule has 0 aromatic carbocycles. The van der Waals surface area contributed by atoms with Crippen LogP contribution >= 0.6 is 0 Å². The maximum Gasteiger partial charge on any atom is 0.306 e. The summed E-state index contributed by atoms with van der Waals surface area (Å²) in [6.07, 6.45) is -0.192. The van der Waals surface area contributed by atoms with Gasteiger partial charge in [0.1, 0.15) is 19.8 Å². The Bertz CT molecular complexity index is 940. The first-order valence-electron chi connectivity index (χ1n) is 20.8. The maximum atomic E-state index is 11.5. The monoisotopic (exact) mass is 895 g/mol. The predicted octanol–water partition coefficient (Wildman–Crippen LogP) is 3.50. The Morgan fingerprint density at radius 3 is 0.852 bits per heavy atom. The van der Waals surface area contributed by atoms with Gasteiger partial charge in [0.25, 0.3) is 0 Å². The highest BCUT2D eigenvalue weighted by Gasteiger charge is 2.22. The van der Waals surface area contributed by atoms with E-state index in [1.54, 1.807) is 0 Å². The number of hydrogen-bond donors (Lipinski definition) is 5. The molecular formula is C42H86O19. The number of esters is 3. The van der Waals surface area contributed by atoms with E-state index in [4.69, 9.17) is 77.6 Å². The molecule has 61 heavy (non-hydrogen) atoms. The summed E-state index contributed by atoms with van der Waals surface area (Å²) in [7, 11) is 5.86. The average molecular weight is 895 g/mol. The van der Waals surface area contributed by atoms with E-state index < -0.39 is 25.2 Å². The quantitative estimate of drug-likeness (QED) is 0.0409. The van der Waals surface area contributed by atoms with E-state index in [0.717, 1.165) is 0 Å². The van der Waals surface area contributed by atoms with Crippen LogP contribution in [-0.4, -0.2) is 174 Å². The Hall–Kier alpha value is -2.11. The molecular weight excluding hydrogens is 808 g/mol. The van der Waals surface area contributed by atoms with Gasteiger partial charge in [0.15, 0.2) is 25.2 Å². The fourth-order valence-electron chi connectivity index (χ4n) is 4.07. The van der Waals surface area contributed by atoms with E-state index in [9.17, 15) is 14.4 Å². The van der Waals surface area contributed by atoms with E-state index in [0.29, 0.717) is 38.5 Å². The Morgan fingerprint density at radius 1 is 0.426 bits per heavy atom. The summed E-state index contributed by atoms with van der Waals surface area (Å²) < 4.78 is 56.0. The molecule has 0 aliphatic carbocycles. The summed E-state index contributed by atoms with van der Waals surface area (Å²) in [5.74, 6) is -0.928. The molecule has 0 aromatic rings. The lowest BCUT2D eigenvalue weighted by Gasteiger charge is -2.22. The number of methoxy groups -OCH3 is 4. The molecule has 0 amide bonds. The predicted molar refractivity (Wildman–Crippen MR) is 226 cm³/mol. The summed E-state index contributed by atoms with van der Waals surface area (Å²) in [4.78, 5) is 33.5. The van der Waals surface area contributed by atoms with Crippen molar-refractivity contribution in [2.75, 3.05) is 81.3 Å². The van der Waals surface area contributed by atoms with Crippen molar-refractivity contribution in [3.63, 3.8) is 0 Å². The first-order valence-corrected chi connectivity index (χ1v) is 20.8. The molecule has 0 aromatic heterocycles. The molecule has 0 aliphatic heterocycles. The lowest BCUT2D eigenvalue weighted by molar-refractivity contribution is -0.195. The van der Waals surface area contributed by atoms with Crippen molar-refractivity contribution in [1.29, 1.82) is 0 Å². The van der Waals surface area contributed by atoms with Gasteiger partial charge in [0.05, 0.1) is 70.3 Å². The van der Waals surface area contributed by atoms with Gasteiger partial charge < -0.3 is 77.6 Å². The fraction of sp³-hybridized carbons (Fsp3) is 0.929. The van der Waals surface area contributed by atoms with Gasteiger partial charge >= 0.3 is 17.9 Å². The molecule has 0 spiro atoms. The first-order chi connectivity index (χ1) is 28.5. The molecule has 0 radical (unpaired) electrons. The van der Waals surface area contributed by atoms with Crippen LogP contribution in [0.5, 0.6) is 0 Å². The van der Waals surface area contributed by atoms with Crippen LogP contribution in [-0.2, 0) is 66.5 Å². The van der Waals surface area contributed by atoms with Crippen LogP contribution in [0, 0.1) is 10.8 Å². The number of carbonyl (C=O) groups is 3. The zero-order chi connectivity index (χ0) is 48.0. The third kappa shape index (κ3) is 42.9. The van der Waals surface area contributed by atoms with Gasteiger partial charge in [-0.1, -0.05) is 69.2 Å². The lowest BCUT2D eigenvalue weighted by atomic mass is 9.92. The van der Waals surface area contributed by atoms with Crippen molar-refractivity contribution in [3.05, 3.63) is 0 Å². The van der Waals surface area contributed by atoms with Gasteiger partial charge in [-0.15, -0.1) is 0 Å². The van der Waals surface area contributed by atoms with Crippen molar-refractivity contribution in [2.24, 2.45) is 10.8 Å². The van der Waals surface area contributed by atoms with E-state index in [1.807, 2.05) is 69.2 Å². The summed E-state index contributed by atoms with van der Waals surface area (Å²) in [6.45, 7) is 20.4. The molecule has 19 nitrogen and oxygen atoms in total. The van der Waals surface area contributed by atoms with Crippen LogP contribution < -0.4 is 0 Å². The van der Waals surface area contributed by atoms with Crippen LogP contribution in [0.1, 0.15) is 115 Å². The third-order valence-corrected chi connectivity index (χ3v) is 7.75. The molecule has 8 atom stereocenters. The molecule has 0 saturated heterocycles. The number of ether oxygens (including phenoxy) is 11. The zero-order valence-electron chi connectivity index (χ0n) is 40.0. The summed E-state index contributed by atoms with van der Waals surface area (Å²) in [6, 6.07) is 0. The van der Waals surface area contributed by atoms with Crippen molar-refractivity contribution in [3.8, 4) is 0 Å². The number of aliphatic hydroxyl groups excluding tert-OH is 5. The number of carbonyl (C=O) groups excluding carboxylic acids is 3. The minimum atomic E-state index is -0.633. The lowest BCUT2D eigenvalue weighted by Crippen LogP contribution is -2.31. The minimum Gasteiger partial charge on any atom is -0.460 e. The Morgan fingerprint density at radius 2 is 0.672 bits per heavy atom. The Labute approximate surface area is 365 Å². The molecule has 0 fully saturated rings. The van der Waals surface area contributed by atoms with Gasteiger partial charge in [-0.05, 0) is 36.5 Å². The van der Waals surface area contributed by atoms with Crippen LogP contribution in [0.15, 0.2) is 0 Å². The van der Waals surface area contributed by atoms with Gasteiger partial charge in [0.2, 0.25) is 0 Å². The topological polar surface area (TPSA) is 254 Å².